The van der Waals surface area contributed by atoms with Gasteiger partial charge in [0.1, 0.15) is 11.5 Å². The van der Waals surface area contributed by atoms with Crippen molar-refractivity contribution in [3.63, 3.8) is 0 Å². The van der Waals surface area contributed by atoms with Crippen molar-refractivity contribution in [3.05, 3.63) is 227 Å². The van der Waals surface area contributed by atoms with Crippen LogP contribution in [0.1, 0.15) is 46.7 Å². The number of fused-ring (bicyclic) bond motifs is 14. The second-order valence-corrected chi connectivity index (χ2v) is 16.4. The highest BCUT2D eigenvalue weighted by Crippen LogP contribution is 2.63. The van der Waals surface area contributed by atoms with Gasteiger partial charge in [-0.3, -0.25) is 0 Å². The van der Waals surface area contributed by atoms with Crippen LogP contribution in [0, 0.1) is 0 Å². The van der Waals surface area contributed by atoms with Crippen molar-refractivity contribution in [2.45, 2.75) is 24.3 Å². The molecular weight excluding hydrogens is 731 g/mol. The van der Waals surface area contributed by atoms with E-state index in [-0.39, 0.29) is 6.04 Å². The Labute approximate surface area is 348 Å². The number of hydrogen-bond acceptors (Lipinski definition) is 4. The van der Waals surface area contributed by atoms with Crippen LogP contribution in [0.25, 0.3) is 66.6 Å². The normalized spacial score (nSPS) is 17.9. The van der Waals surface area contributed by atoms with Crippen molar-refractivity contribution in [2.75, 3.05) is 5.32 Å². The molecule has 4 heterocycles. The molecule has 4 aliphatic rings. The minimum Gasteiger partial charge on any atom is -0.457 e. The lowest BCUT2D eigenvalue weighted by molar-refractivity contribution is 0.388. The number of nitrogens with zero attached hydrogens (tertiary/aromatic N) is 2. The molecule has 1 spiro atoms. The number of benzene rings is 7. The number of rotatable bonds is 3. The zero-order valence-electron chi connectivity index (χ0n) is 32.7. The van der Waals surface area contributed by atoms with Gasteiger partial charge in [-0.25, -0.2) is 9.97 Å². The molecule has 2 aliphatic heterocycles. The molecular formula is C56H37N3O. The lowest BCUT2D eigenvalue weighted by Gasteiger charge is -2.42. The molecule has 2 atom stereocenters. The number of hydrogen-bond donors (Lipinski definition) is 1. The quantitative estimate of drug-likeness (QED) is 0.182. The van der Waals surface area contributed by atoms with Crippen LogP contribution in [0.4, 0.5) is 5.69 Å². The first-order chi connectivity index (χ1) is 29.7. The molecule has 0 radical (unpaired) electrons. The first-order valence-corrected chi connectivity index (χ1v) is 20.9. The predicted molar refractivity (Wildman–Crippen MR) is 243 cm³/mol. The van der Waals surface area contributed by atoms with Crippen molar-refractivity contribution in [2.24, 2.45) is 0 Å². The van der Waals surface area contributed by atoms with Gasteiger partial charge in [0.05, 0.1) is 33.9 Å². The topological polar surface area (TPSA) is 47.0 Å². The first kappa shape index (κ1) is 33.4. The molecule has 60 heavy (non-hydrogen) atoms. The Balaban J connectivity index is 1.01. The molecule has 282 valence electrons. The molecule has 7 aromatic carbocycles. The highest BCUT2D eigenvalue weighted by molar-refractivity contribution is 6.04. The number of nitrogens with one attached hydrogen (secondary N) is 1. The Kier molecular flexibility index (Phi) is 7.08. The van der Waals surface area contributed by atoms with E-state index in [1.54, 1.807) is 0 Å². The first-order valence-electron chi connectivity index (χ1n) is 20.9. The number of para-hydroxylation sites is 1. The summed E-state index contributed by atoms with van der Waals surface area (Å²) in [6, 6.07) is 63.6. The molecule has 1 N–H and O–H groups in total. The third kappa shape index (κ3) is 4.73. The van der Waals surface area contributed by atoms with E-state index in [0.717, 1.165) is 74.4 Å². The fraction of sp³-hybridized carbons (Fsp3) is 0.0714. The minimum absolute atomic E-state index is 0.0705. The maximum absolute atomic E-state index is 6.69. The molecule has 2 aromatic heterocycles. The fourth-order valence-corrected chi connectivity index (χ4v) is 10.6. The van der Waals surface area contributed by atoms with Gasteiger partial charge < -0.3 is 10.1 Å². The zero-order valence-corrected chi connectivity index (χ0v) is 32.7. The average Bonchev–Trinajstić information content (AvgIpc) is 3.60. The molecule has 0 amide bonds. The minimum atomic E-state index is -0.454. The van der Waals surface area contributed by atoms with Crippen LogP contribution in [-0.4, -0.2) is 9.97 Å². The van der Waals surface area contributed by atoms with Gasteiger partial charge in [0.2, 0.25) is 0 Å². The van der Waals surface area contributed by atoms with Gasteiger partial charge in [0, 0.05) is 38.7 Å². The molecule has 0 bridgehead atoms. The summed E-state index contributed by atoms with van der Waals surface area (Å²) in [5.41, 5.74) is 19.2. The Bertz CT molecular complexity index is 3330. The van der Waals surface area contributed by atoms with Gasteiger partial charge in [0.25, 0.3) is 0 Å². The summed E-state index contributed by atoms with van der Waals surface area (Å²) < 4.78 is 6.69. The Hall–Kier alpha value is -7.56. The summed E-state index contributed by atoms with van der Waals surface area (Å²) >= 11 is 0. The summed E-state index contributed by atoms with van der Waals surface area (Å²) in [4.78, 5) is 10.5. The van der Waals surface area contributed by atoms with Crippen molar-refractivity contribution in [3.8, 4) is 50.5 Å². The van der Waals surface area contributed by atoms with Gasteiger partial charge >= 0.3 is 0 Å². The monoisotopic (exact) mass is 767 g/mol. The number of anilines is 1. The highest BCUT2D eigenvalue weighted by Gasteiger charge is 2.52. The van der Waals surface area contributed by atoms with E-state index >= 15 is 0 Å². The largest absolute Gasteiger partial charge is 0.457 e. The Morgan fingerprint density at radius 2 is 1.22 bits per heavy atom. The average molecular weight is 768 g/mol. The molecule has 0 fully saturated rings. The third-order valence-corrected chi connectivity index (χ3v) is 13.2. The molecule has 2 aliphatic carbocycles. The van der Waals surface area contributed by atoms with Crippen LogP contribution >= 0.6 is 0 Å². The zero-order chi connectivity index (χ0) is 39.4. The Morgan fingerprint density at radius 3 is 2.02 bits per heavy atom. The molecule has 4 heteroatoms. The smallest absolute Gasteiger partial charge is 0.132 e. The summed E-state index contributed by atoms with van der Waals surface area (Å²) in [7, 11) is 0. The van der Waals surface area contributed by atoms with Crippen LogP contribution in [0.3, 0.4) is 0 Å². The van der Waals surface area contributed by atoms with Gasteiger partial charge in [-0.2, -0.15) is 0 Å². The van der Waals surface area contributed by atoms with Crippen molar-refractivity contribution < 1.29 is 4.74 Å². The maximum Gasteiger partial charge on any atom is 0.132 e. The molecule has 13 rings (SSSR count). The van der Waals surface area contributed by atoms with E-state index in [1.165, 1.54) is 55.6 Å². The Morgan fingerprint density at radius 1 is 0.533 bits per heavy atom. The number of ether oxygens (including phenoxy) is 1. The molecule has 0 saturated carbocycles. The second kappa shape index (κ2) is 12.7. The van der Waals surface area contributed by atoms with E-state index in [0.29, 0.717) is 0 Å². The van der Waals surface area contributed by atoms with Gasteiger partial charge in [-0.1, -0.05) is 152 Å². The highest BCUT2D eigenvalue weighted by atomic mass is 16.5. The van der Waals surface area contributed by atoms with Crippen LogP contribution in [0.2, 0.25) is 0 Å². The van der Waals surface area contributed by atoms with Crippen LogP contribution in [0.5, 0.6) is 5.75 Å². The second-order valence-electron chi connectivity index (χ2n) is 16.4. The van der Waals surface area contributed by atoms with Gasteiger partial charge in [-0.15, -0.1) is 0 Å². The van der Waals surface area contributed by atoms with E-state index in [9.17, 15) is 0 Å². The lowest BCUT2D eigenvalue weighted by Crippen LogP contribution is -2.35. The van der Waals surface area contributed by atoms with Crippen molar-refractivity contribution in [1.29, 1.82) is 0 Å². The fourth-order valence-electron chi connectivity index (χ4n) is 10.6. The van der Waals surface area contributed by atoms with Crippen LogP contribution in [0.15, 0.2) is 199 Å². The predicted octanol–water partition coefficient (Wildman–Crippen LogP) is 13.6. The van der Waals surface area contributed by atoms with Gasteiger partial charge in [0.15, 0.2) is 0 Å². The molecule has 9 aromatic rings. The third-order valence-electron chi connectivity index (χ3n) is 13.2. The van der Waals surface area contributed by atoms with E-state index < -0.39 is 5.41 Å². The van der Waals surface area contributed by atoms with Crippen LogP contribution < -0.4 is 10.1 Å². The van der Waals surface area contributed by atoms with Gasteiger partial charge in [-0.05, 0) is 93.8 Å². The van der Waals surface area contributed by atoms with E-state index in [1.807, 2.05) is 6.07 Å². The lowest BCUT2D eigenvalue weighted by atomic mass is 9.63. The number of pyridine rings is 2. The summed E-state index contributed by atoms with van der Waals surface area (Å²) in [6.45, 7) is 0. The summed E-state index contributed by atoms with van der Waals surface area (Å²) in [5, 5.41) is 6.21. The number of allylic oxidation sites excluding steroid dienone is 3. The summed E-state index contributed by atoms with van der Waals surface area (Å²) in [6.07, 6.45) is 6.39. The maximum atomic E-state index is 6.69. The van der Waals surface area contributed by atoms with E-state index in [2.05, 4.69) is 187 Å². The SMILES string of the molecule is C1=CC2=C(CC1)C1(c3ccccc3O2)c2ccccc2-c2cc3c(cc21)C(c1ccccc1)Nc1cc(-c2ccc4ccc5ccc(-c6ccccc6)nc5c4n2)ccc1-3. The molecule has 4 nitrogen and oxygen atoms in total. The van der Waals surface area contributed by atoms with Crippen molar-refractivity contribution >= 4 is 27.5 Å². The van der Waals surface area contributed by atoms with Crippen molar-refractivity contribution in [1.82, 2.24) is 9.97 Å². The standard InChI is InChI=1S/C56H37N3O/c1-3-13-34(14-4-1)48-29-26-36-23-24-37-27-30-49(58-55(37)54(36)57-48)38-25-28-40-41-32-42-39-17-7-8-18-44(39)56(45-19-9-11-21-51(45)60-52-22-12-10-20-46(52)56)47(42)33-43(41)53(59-50(40)31-38)35-15-5-2-6-16-35/h1-9,11-19,21-33,53,59H,10,20H2. The molecule has 0 saturated heterocycles. The number of aromatic nitrogens is 2. The van der Waals surface area contributed by atoms with Crippen LogP contribution in [-0.2, 0) is 5.41 Å². The molecule has 2 unspecified atom stereocenters. The van der Waals surface area contributed by atoms with E-state index in [4.69, 9.17) is 14.7 Å². The summed E-state index contributed by atoms with van der Waals surface area (Å²) in [5.74, 6) is 1.92.